The van der Waals surface area contributed by atoms with E-state index in [4.69, 9.17) is 11.6 Å². The molecule has 1 aromatic heterocycles. The molecule has 18 heavy (non-hydrogen) atoms. The number of halogens is 2. The van der Waals surface area contributed by atoms with Gasteiger partial charge in [-0.15, -0.1) is 11.3 Å². The highest BCUT2D eigenvalue weighted by Gasteiger charge is 2.09. The molecule has 0 aliphatic carbocycles. The Hall–Kier alpha value is -0.350. The van der Waals surface area contributed by atoms with Gasteiger partial charge in [0, 0.05) is 21.9 Å². The van der Waals surface area contributed by atoms with Gasteiger partial charge < -0.3 is 5.32 Å². The summed E-state index contributed by atoms with van der Waals surface area (Å²) in [6, 6.07) is 12.9. The molecule has 1 aromatic carbocycles. The van der Waals surface area contributed by atoms with Gasteiger partial charge in [-0.05, 0) is 36.2 Å². The second-order valence-electron chi connectivity index (χ2n) is 4.10. The summed E-state index contributed by atoms with van der Waals surface area (Å²) in [4.78, 5) is 1.27. The molecule has 0 aliphatic heterocycles. The molecular weight excluding hydrogens is 330 g/mol. The highest BCUT2D eigenvalue weighted by atomic mass is 79.9. The lowest BCUT2D eigenvalue weighted by Gasteiger charge is -2.17. The first-order chi connectivity index (χ1) is 8.69. The summed E-state index contributed by atoms with van der Waals surface area (Å²) in [5, 5.41) is 3.57. The predicted molar refractivity (Wildman–Crippen MR) is 83.3 cm³/mol. The standard InChI is InChI=1S/C14H15BrClNS/c1-2-13(10-3-5-11(15)6-4-10)17-9-12-7-8-14(16)18-12/h3-8,13,17H,2,9H2,1H3. The van der Waals surface area contributed by atoms with Crippen LogP contribution in [0.3, 0.4) is 0 Å². The number of rotatable bonds is 5. The van der Waals surface area contributed by atoms with Gasteiger partial charge in [-0.1, -0.05) is 46.6 Å². The van der Waals surface area contributed by atoms with E-state index in [-0.39, 0.29) is 0 Å². The fourth-order valence-electron chi connectivity index (χ4n) is 1.86. The molecule has 2 aromatic rings. The van der Waals surface area contributed by atoms with Crippen LogP contribution in [-0.4, -0.2) is 0 Å². The Morgan fingerprint density at radius 3 is 2.50 bits per heavy atom. The first-order valence-corrected chi connectivity index (χ1v) is 7.91. The molecule has 0 saturated heterocycles. The van der Waals surface area contributed by atoms with Gasteiger partial charge in [0.05, 0.1) is 4.34 Å². The fourth-order valence-corrected chi connectivity index (χ4v) is 3.17. The van der Waals surface area contributed by atoms with Crippen LogP contribution in [0.1, 0.15) is 29.8 Å². The summed E-state index contributed by atoms with van der Waals surface area (Å²) in [6.45, 7) is 3.06. The minimum absolute atomic E-state index is 0.388. The third-order valence-corrected chi connectivity index (χ3v) is 4.59. The maximum Gasteiger partial charge on any atom is 0.0931 e. The van der Waals surface area contributed by atoms with Gasteiger partial charge in [-0.3, -0.25) is 0 Å². The van der Waals surface area contributed by atoms with Crippen molar-refractivity contribution in [2.75, 3.05) is 0 Å². The molecule has 0 radical (unpaired) electrons. The van der Waals surface area contributed by atoms with Crippen molar-refractivity contribution in [2.45, 2.75) is 25.9 Å². The van der Waals surface area contributed by atoms with E-state index in [2.05, 4.69) is 58.5 Å². The summed E-state index contributed by atoms with van der Waals surface area (Å²) < 4.78 is 1.97. The normalized spacial score (nSPS) is 12.6. The third kappa shape index (κ3) is 3.82. The minimum atomic E-state index is 0.388. The number of thiophene rings is 1. The summed E-state index contributed by atoms with van der Waals surface area (Å²) in [6.07, 6.45) is 1.07. The van der Waals surface area contributed by atoms with Gasteiger partial charge in [0.2, 0.25) is 0 Å². The van der Waals surface area contributed by atoms with E-state index in [9.17, 15) is 0 Å². The first-order valence-electron chi connectivity index (χ1n) is 5.92. The lowest BCUT2D eigenvalue weighted by molar-refractivity contribution is 0.522. The van der Waals surface area contributed by atoms with E-state index in [0.717, 1.165) is 21.8 Å². The zero-order valence-electron chi connectivity index (χ0n) is 10.1. The fraction of sp³-hybridized carbons (Fsp3) is 0.286. The van der Waals surface area contributed by atoms with E-state index in [1.54, 1.807) is 11.3 Å². The largest absolute Gasteiger partial charge is 0.305 e. The van der Waals surface area contributed by atoms with Crippen LogP contribution in [0.5, 0.6) is 0 Å². The quantitative estimate of drug-likeness (QED) is 0.765. The van der Waals surface area contributed by atoms with Crippen LogP contribution < -0.4 is 5.32 Å². The van der Waals surface area contributed by atoms with Crippen molar-refractivity contribution in [3.8, 4) is 0 Å². The van der Waals surface area contributed by atoms with Crippen molar-refractivity contribution in [1.29, 1.82) is 0 Å². The minimum Gasteiger partial charge on any atom is -0.305 e. The molecule has 1 heterocycles. The number of hydrogen-bond acceptors (Lipinski definition) is 2. The first kappa shape index (κ1) is 14.1. The van der Waals surface area contributed by atoms with Crippen LogP contribution in [-0.2, 0) is 6.54 Å². The van der Waals surface area contributed by atoms with Gasteiger partial charge in [0.25, 0.3) is 0 Å². The molecular formula is C14H15BrClNS. The molecule has 1 unspecified atom stereocenters. The molecule has 2 rings (SSSR count). The smallest absolute Gasteiger partial charge is 0.0931 e. The molecule has 0 saturated carbocycles. The van der Waals surface area contributed by atoms with Gasteiger partial charge in [0.1, 0.15) is 0 Å². The van der Waals surface area contributed by atoms with Crippen molar-refractivity contribution in [2.24, 2.45) is 0 Å². The van der Waals surface area contributed by atoms with Gasteiger partial charge in [-0.25, -0.2) is 0 Å². The van der Waals surface area contributed by atoms with E-state index < -0.39 is 0 Å². The maximum absolute atomic E-state index is 5.93. The summed E-state index contributed by atoms with van der Waals surface area (Å²) in [7, 11) is 0. The highest BCUT2D eigenvalue weighted by Crippen LogP contribution is 2.23. The van der Waals surface area contributed by atoms with Crippen molar-refractivity contribution in [3.63, 3.8) is 0 Å². The number of nitrogens with one attached hydrogen (secondary N) is 1. The highest BCUT2D eigenvalue weighted by molar-refractivity contribution is 9.10. The second kappa shape index (κ2) is 6.71. The van der Waals surface area contributed by atoms with Crippen molar-refractivity contribution in [3.05, 3.63) is 55.6 Å². The predicted octanol–water partition coefficient (Wildman–Crippen LogP) is 5.40. The molecule has 96 valence electrons. The maximum atomic E-state index is 5.93. The molecule has 1 atom stereocenters. The van der Waals surface area contributed by atoms with Crippen LogP contribution >= 0.6 is 38.9 Å². The molecule has 4 heteroatoms. The Bertz CT molecular complexity index is 495. The molecule has 0 fully saturated rings. The Labute approximate surface area is 125 Å². The summed E-state index contributed by atoms with van der Waals surface area (Å²) in [5.74, 6) is 0. The Morgan fingerprint density at radius 1 is 1.22 bits per heavy atom. The summed E-state index contributed by atoms with van der Waals surface area (Å²) in [5.41, 5.74) is 1.32. The Morgan fingerprint density at radius 2 is 1.94 bits per heavy atom. The average Bonchev–Trinajstić information content (AvgIpc) is 2.78. The van der Waals surface area contributed by atoms with Crippen LogP contribution in [0.15, 0.2) is 40.9 Å². The SMILES string of the molecule is CCC(NCc1ccc(Cl)s1)c1ccc(Br)cc1. The lowest BCUT2D eigenvalue weighted by Crippen LogP contribution is -2.19. The van der Waals surface area contributed by atoms with E-state index in [0.29, 0.717) is 6.04 Å². The average molecular weight is 345 g/mol. The van der Waals surface area contributed by atoms with Gasteiger partial charge in [-0.2, -0.15) is 0 Å². The van der Waals surface area contributed by atoms with Crippen LogP contribution in [0, 0.1) is 0 Å². The van der Waals surface area contributed by atoms with Gasteiger partial charge in [0.15, 0.2) is 0 Å². The van der Waals surface area contributed by atoms with Crippen LogP contribution in [0.25, 0.3) is 0 Å². The van der Waals surface area contributed by atoms with Crippen molar-refractivity contribution >= 4 is 38.9 Å². The zero-order valence-corrected chi connectivity index (χ0v) is 13.3. The molecule has 1 nitrogen and oxygen atoms in total. The van der Waals surface area contributed by atoms with Gasteiger partial charge >= 0.3 is 0 Å². The Balaban J connectivity index is 1.99. The number of hydrogen-bond donors (Lipinski definition) is 1. The lowest BCUT2D eigenvalue weighted by atomic mass is 10.0. The number of benzene rings is 1. The van der Waals surface area contributed by atoms with Crippen LogP contribution in [0.4, 0.5) is 0 Å². The molecule has 0 aliphatic rings. The molecule has 0 amide bonds. The monoisotopic (exact) mass is 343 g/mol. The van der Waals surface area contributed by atoms with Crippen molar-refractivity contribution < 1.29 is 0 Å². The van der Waals surface area contributed by atoms with E-state index in [1.165, 1.54) is 10.4 Å². The zero-order chi connectivity index (χ0) is 13.0. The third-order valence-electron chi connectivity index (χ3n) is 2.83. The molecule has 1 N–H and O–H groups in total. The van der Waals surface area contributed by atoms with E-state index >= 15 is 0 Å². The topological polar surface area (TPSA) is 12.0 Å². The second-order valence-corrected chi connectivity index (χ2v) is 6.81. The van der Waals surface area contributed by atoms with Crippen LogP contribution in [0.2, 0.25) is 4.34 Å². The molecule has 0 spiro atoms. The van der Waals surface area contributed by atoms with Crippen molar-refractivity contribution in [1.82, 2.24) is 5.32 Å². The Kier molecular flexibility index (Phi) is 5.25. The summed E-state index contributed by atoms with van der Waals surface area (Å²) >= 11 is 11.0. The molecule has 0 bridgehead atoms. The van der Waals surface area contributed by atoms with E-state index in [1.807, 2.05) is 6.07 Å².